The molecule has 4 unspecified atom stereocenters. The Balaban J connectivity index is 1.47. The molecule has 1 heterocycles. The molecule has 1 aliphatic rings. The normalized spacial score (nSPS) is 18.0. The number of carboxylic acids is 2. The number of anilines is 2. The number of aliphatic carboxylic acids is 2. The third kappa shape index (κ3) is 11.7. The Bertz CT molecular complexity index is 1330. The summed E-state index contributed by atoms with van der Waals surface area (Å²) in [6.45, 7) is 5.76. The minimum atomic E-state index is -1.32. The Morgan fingerprint density at radius 1 is 0.933 bits per heavy atom. The Labute approximate surface area is 268 Å². The van der Waals surface area contributed by atoms with Crippen LogP contribution in [0.1, 0.15) is 51.5 Å². The molecule has 6 N–H and O–H groups in total. The third-order valence-electron chi connectivity index (χ3n) is 7.30. The number of nitrogens with zero attached hydrogens (tertiary/aromatic N) is 1. The topological polar surface area (TPSA) is 169 Å². The molecule has 3 rings (SSSR count). The van der Waals surface area contributed by atoms with Gasteiger partial charge in [0, 0.05) is 37.4 Å². The molecule has 1 saturated heterocycles. The van der Waals surface area contributed by atoms with Crippen molar-refractivity contribution in [2.45, 2.75) is 64.1 Å². The van der Waals surface area contributed by atoms with Gasteiger partial charge in [-0.05, 0) is 66.8 Å². The molecule has 4 atom stereocenters. The molecule has 244 valence electrons. The SMILES string of the molecule is CN1CC(c2ccc(NC(=S)Nc3ccccc3)cc2)CC1C(=O)NC(COCCC(NC(=O)CC(C)(C)C)C(=O)O)C(=O)O. The first-order chi connectivity index (χ1) is 21.2. The van der Waals surface area contributed by atoms with Crippen molar-refractivity contribution in [2.24, 2.45) is 5.41 Å². The van der Waals surface area contributed by atoms with Gasteiger partial charge in [0.25, 0.3) is 0 Å². The summed E-state index contributed by atoms with van der Waals surface area (Å²) in [5, 5.41) is 30.9. The Morgan fingerprint density at radius 3 is 2.11 bits per heavy atom. The van der Waals surface area contributed by atoms with E-state index in [-0.39, 0.29) is 37.4 Å². The number of para-hydroxylation sites is 1. The van der Waals surface area contributed by atoms with Gasteiger partial charge in [-0.25, -0.2) is 9.59 Å². The Morgan fingerprint density at radius 2 is 1.53 bits per heavy atom. The fourth-order valence-corrected chi connectivity index (χ4v) is 5.27. The van der Waals surface area contributed by atoms with E-state index < -0.39 is 41.9 Å². The van der Waals surface area contributed by atoms with Crippen molar-refractivity contribution in [1.82, 2.24) is 15.5 Å². The summed E-state index contributed by atoms with van der Waals surface area (Å²) in [4.78, 5) is 50.6. The van der Waals surface area contributed by atoms with Crippen molar-refractivity contribution in [2.75, 3.05) is 37.4 Å². The quantitative estimate of drug-likeness (QED) is 0.132. The molecule has 12 nitrogen and oxygen atoms in total. The van der Waals surface area contributed by atoms with Crippen LogP contribution >= 0.6 is 12.2 Å². The molecule has 0 bridgehead atoms. The standard InChI is InChI=1S/C32H43N5O7S/c1-32(2,3)17-27(38)35-24(29(40)41)14-15-44-19-25(30(42)43)36-28(39)26-16-21(18-37(26)4)20-10-12-23(13-11-20)34-31(45)33-22-8-6-5-7-9-22/h5-13,21,24-26H,14-19H2,1-4H3,(H,35,38)(H,36,39)(H,40,41)(H,42,43)(H2,33,34,45). The highest BCUT2D eigenvalue weighted by molar-refractivity contribution is 7.80. The van der Waals surface area contributed by atoms with Crippen molar-refractivity contribution in [3.63, 3.8) is 0 Å². The van der Waals surface area contributed by atoms with E-state index in [2.05, 4.69) is 21.3 Å². The molecule has 2 aromatic carbocycles. The molecule has 1 fully saturated rings. The molecule has 0 radical (unpaired) electrons. The maximum atomic E-state index is 13.1. The molecule has 0 saturated carbocycles. The number of hydrogen-bond donors (Lipinski definition) is 6. The summed E-state index contributed by atoms with van der Waals surface area (Å²) >= 11 is 5.39. The van der Waals surface area contributed by atoms with Crippen LogP contribution in [-0.2, 0) is 23.9 Å². The van der Waals surface area contributed by atoms with Crippen LogP contribution in [-0.4, -0.2) is 88.9 Å². The molecular formula is C32H43N5O7S. The lowest BCUT2D eigenvalue weighted by atomic mass is 9.92. The summed E-state index contributed by atoms with van der Waals surface area (Å²) in [5.41, 5.74) is 2.44. The number of thiocarbonyl (C=S) groups is 1. The summed E-state index contributed by atoms with van der Waals surface area (Å²) in [7, 11) is 1.82. The monoisotopic (exact) mass is 641 g/mol. The van der Waals surface area contributed by atoms with Crippen LogP contribution in [0, 0.1) is 5.41 Å². The van der Waals surface area contributed by atoms with Crippen LogP contribution in [0.3, 0.4) is 0 Å². The number of nitrogens with one attached hydrogen (secondary N) is 4. The van der Waals surface area contributed by atoms with Gasteiger partial charge >= 0.3 is 11.9 Å². The predicted molar refractivity (Wildman–Crippen MR) is 175 cm³/mol. The number of benzene rings is 2. The molecule has 0 aliphatic carbocycles. The third-order valence-corrected chi connectivity index (χ3v) is 7.50. The molecular weight excluding hydrogens is 598 g/mol. The van der Waals surface area contributed by atoms with E-state index in [9.17, 15) is 29.4 Å². The fourth-order valence-electron chi connectivity index (χ4n) is 5.03. The van der Waals surface area contributed by atoms with E-state index in [1.807, 2.05) is 87.3 Å². The molecule has 0 aromatic heterocycles. The van der Waals surface area contributed by atoms with Crippen LogP contribution in [0.4, 0.5) is 11.4 Å². The fraction of sp³-hybridized carbons (Fsp3) is 0.469. The van der Waals surface area contributed by atoms with E-state index in [4.69, 9.17) is 17.0 Å². The van der Waals surface area contributed by atoms with Gasteiger partial charge in [0.2, 0.25) is 11.8 Å². The summed E-state index contributed by atoms with van der Waals surface area (Å²) in [5.74, 6) is -3.23. The summed E-state index contributed by atoms with van der Waals surface area (Å²) in [6.07, 6.45) is 0.609. The zero-order valence-electron chi connectivity index (χ0n) is 26.0. The number of carbonyl (C=O) groups is 4. The number of rotatable bonds is 14. The molecule has 1 aliphatic heterocycles. The minimum absolute atomic E-state index is 0.0534. The lowest BCUT2D eigenvalue weighted by Crippen LogP contribution is -2.50. The number of likely N-dealkylation sites (N-methyl/N-ethyl adjacent to an activating group) is 1. The summed E-state index contributed by atoms with van der Waals surface area (Å²) in [6, 6.07) is 14.4. The molecule has 45 heavy (non-hydrogen) atoms. The highest BCUT2D eigenvalue weighted by Crippen LogP contribution is 2.31. The first kappa shape index (κ1) is 35.4. The molecule has 0 spiro atoms. The maximum absolute atomic E-state index is 13.1. The Hall–Kier alpha value is -4.07. The van der Waals surface area contributed by atoms with Crippen molar-refractivity contribution >= 4 is 52.5 Å². The maximum Gasteiger partial charge on any atom is 0.328 e. The zero-order valence-corrected chi connectivity index (χ0v) is 26.9. The lowest BCUT2D eigenvalue weighted by Gasteiger charge is -2.22. The second-order valence-electron chi connectivity index (χ2n) is 12.4. The Kier molecular flexibility index (Phi) is 12.8. The number of hydrogen-bond acceptors (Lipinski definition) is 7. The number of ether oxygens (including phenoxy) is 1. The van der Waals surface area contributed by atoms with E-state index in [1.165, 1.54) is 0 Å². The molecule has 2 amide bonds. The average molecular weight is 642 g/mol. The van der Waals surface area contributed by atoms with Crippen LogP contribution in [0.15, 0.2) is 54.6 Å². The first-order valence-corrected chi connectivity index (χ1v) is 15.2. The van der Waals surface area contributed by atoms with E-state index in [0.29, 0.717) is 18.1 Å². The number of carboxylic acid groups (broad SMARTS) is 2. The van der Waals surface area contributed by atoms with Gasteiger partial charge in [-0.3, -0.25) is 14.5 Å². The highest BCUT2D eigenvalue weighted by Gasteiger charge is 2.37. The zero-order chi connectivity index (χ0) is 33.1. The van der Waals surface area contributed by atoms with Crippen molar-refractivity contribution < 1.29 is 34.1 Å². The van der Waals surface area contributed by atoms with E-state index >= 15 is 0 Å². The first-order valence-electron chi connectivity index (χ1n) is 14.8. The second kappa shape index (κ2) is 16.3. The van der Waals surface area contributed by atoms with E-state index in [1.54, 1.807) is 0 Å². The average Bonchev–Trinajstić information content (AvgIpc) is 3.35. The van der Waals surface area contributed by atoms with Crippen molar-refractivity contribution in [3.8, 4) is 0 Å². The van der Waals surface area contributed by atoms with Crippen molar-refractivity contribution in [3.05, 3.63) is 60.2 Å². The van der Waals surface area contributed by atoms with Gasteiger partial charge in [-0.1, -0.05) is 51.1 Å². The highest BCUT2D eigenvalue weighted by atomic mass is 32.1. The van der Waals surface area contributed by atoms with Crippen LogP contribution in [0.25, 0.3) is 0 Å². The second-order valence-corrected chi connectivity index (χ2v) is 12.8. The van der Waals surface area contributed by atoms with E-state index in [0.717, 1.165) is 16.9 Å². The van der Waals surface area contributed by atoms with Gasteiger partial charge in [-0.15, -0.1) is 0 Å². The van der Waals surface area contributed by atoms with Gasteiger partial charge in [-0.2, -0.15) is 0 Å². The molecule has 2 aromatic rings. The van der Waals surface area contributed by atoms with Gasteiger partial charge in [0.1, 0.15) is 6.04 Å². The van der Waals surface area contributed by atoms with Gasteiger partial charge in [0.05, 0.1) is 12.6 Å². The van der Waals surface area contributed by atoms with Gasteiger partial charge < -0.3 is 36.2 Å². The molecule has 13 heteroatoms. The number of amides is 2. The van der Waals surface area contributed by atoms with Gasteiger partial charge in [0.15, 0.2) is 11.2 Å². The largest absolute Gasteiger partial charge is 0.480 e. The number of carbonyl (C=O) groups excluding carboxylic acids is 2. The predicted octanol–water partition coefficient (Wildman–Crippen LogP) is 3.26. The summed E-state index contributed by atoms with van der Waals surface area (Å²) < 4.78 is 5.43. The lowest BCUT2D eigenvalue weighted by molar-refractivity contribution is -0.145. The van der Waals surface area contributed by atoms with Crippen LogP contribution in [0.2, 0.25) is 0 Å². The smallest absolute Gasteiger partial charge is 0.328 e. The number of likely N-dealkylation sites (tertiary alicyclic amines) is 1. The van der Waals surface area contributed by atoms with Crippen LogP contribution in [0.5, 0.6) is 0 Å². The van der Waals surface area contributed by atoms with Crippen LogP contribution < -0.4 is 21.3 Å². The minimum Gasteiger partial charge on any atom is -0.480 e. The van der Waals surface area contributed by atoms with Crippen molar-refractivity contribution in [1.29, 1.82) is 0 Å².